The number of fused-ring (bicyclic) bond motifs is 2. The van der Waals surface area contributed by atoms with Gasteiger partial charge < -0.3 is 15.2 Å². The molecule has 0 spiro atoms. The van der Waals surface area contributed by atoms with E-state index in [0.717, 1.165) is 49.7 Å². The first-order valence-corrected chi connectivity index (χ1v) is 11.8. The number of aromatic nitrogens is 1. The summed E-state index contributed by atoms with van der Waals surface area (Å²) in [6.07, 6.45) is 8.48. The lowest BCUT2D eigenvalue weighted by atomic mass is 9.72. The van der Waals surface area contributed by atoms with Crippen LogP contribution in [0.2, 0.25) is 0 Å². The van der Waals surface area contributed by atoms with Gasteiger partial charge in [0.2, 0.25) is 5.78 Å². The number of anilines is 1. The number of carbonyl (C=O) groups excluding carboxylic acids is 3. The Hall–Kier alpha value is -3.32. The molecule has 0 amide bonds. The minimum absolute atomic E-state index is 0.135. The van der Waals surface area contributed by atoms with Crippen LogP contribution in [0.25, 0.3) is 0 Å². The largest absolute Gasteiger partial charge is 0.460 e. The molecule has 1 aromatic heterocycles. The molecule has 2 aromatic rings. The molecular formula is C27H28N2O5. The number of nitrogens with zero attached hydrogens (tertiary/aromatic N) is 1. The topological polar surface area (TPSA) is 112 Å². The fraction of sp³-hybridized carbons (Fsp3) is 0.407. The molecule has 2 fully saturated rings. The van der Waals surface area contributed by atoms with Crippen LogP contribution in [0.1, 0.15) is 71.7 Å². The average molecular weight is 461 g/mol. The molecule has 2 N–H and O–H groups in total. The van der Waals surface area contributed by atoms with Gasteiger partial charge in [0.25, 0.3) is 5.60 Å². The van der Waals surface area contributed by atoms with Crippen molar-refractivity contribution in [2.75, 3.05) is 5.73 Å². The fourth-order valence-electron chi connectivity index (χ4n) is 5.19. The van der Waals surface area contributed by atoms with Crippen LogP contribution in [0.15, 0.2) is 54.2 Å². The SMILES string of the molecule is C/C(=C\C[C@@]12O[C@]1(C(=O)OC1CCCC1)C(=O)c1ccccc1C2=O)CCc1ccnc(N)c1. The van der Waals surface area contributed by atoms with Crippen molar-refractivity contribution in [2.45, 2.75) is 69.2 Å². The lowest BCUT2D eigenvalue weighted by molar-refractivity contribution is -0.153. The predicted octanol–water partition coefficient (Wildman–Crippen LogP) is 4.01. The second kappa shape index (κ2) is 8.47. The van der Waals surface area contributed by atoms with Crippen LogP contribution in [-0.4, -0.2) is 39.8 Å². The zero-order valence-corrected chi connectivity index (χ0v) is 19.2. The molecule has 7 heteroatoms. The first kappa shape index (κ1) is 22.5. The van der Waals surface area contributed by atoms with Crippen molar-refractivity contribution in [3.8, 4) is 0 Å². The zero-order valence-electron chi connectivity index (χ0n) is 19.2. The monoisotopic (exact) mass is 460 g/mol. The number of carbonyl (C=O) groups is 3. The molecule has 34 heavy (non-hydrogen) atoms. The Morgan fingerprint density at radius 2 is 1.88 bits per heavy atom. The predicted molar refractivity (Wildman–Crippen MR) is 125 cm³/mol. The molecule has 2 heterocycles. The molecule has 0 radical (unpaired) electrons. The number of epoxide rings is 1. The van der Waals surface area contributed by atoms with Crippen molar-refractivity contribution >= 4 is 23.4 Å². The van der Waals surface area contributed by atoms with Crippen LogP contribution in [0.5, 0.6) is 0 Å². The van der Waals surface area contributed by atoms with E-state index in [-0.39, 0.29) is 23.9 Å². The lowest BCUT2D eigenvalue weighted by Gasteiger charge is -2.24. The molecule has 3 aliphatic rings. The molecule has 2 aliphatic carbocycles. The van der Waals surface area contributed by atoms with Crippen LogP contribution >= 0.6 is 0 Å². The molecule has 7 nitrogen and oxygen atoms in total. The number of rotatable bonds is 7. The van der Waals surface area contributed by atoms with Gasteiger partial charge in [-0.15, -0.1) is 0 Å². The minimum Gasteiger partial charge on any atom is -0.460 e. The van der Waals surface area contributed by atoms with Crippen LogP contribution in [-0.2, 0) is 20.7 Å². The Labute approximate surface area is 198 Å². The summed E-state index contributed by atoms with van der Waals surface area (Å²) in [6, 6.07) is 10.3. The van der Waals surface area contributed by atoms with Gasteiger partial charge in [-0.05, 0) is 63.1 Å². The summed E-state index contributed by atoms with van der Waals surface area (Å²) in [5, 5.41) is 0. The minimum atomic E-state index is -1.89. The highest BCUT2D eigenvalue weighted by Gasteiger charge is 2.85. The highest BCUT2D eigenvalue weighted by Crippen LogP contribution is 2.58. The van der Waals surface area contributed by atoms with Gasteiger partial charge >= 0.3 is 5.97 Å². The van der Waals surface area contributed by atoms with E-state index in [0.29, 0.717) is 11.4 Å². The van der Waals surface area contributed by atoms with Crippen molar-refractivity contribution < 1.29 is 23.9 Å². The Morgan fingerprint density at radius 3 is 2.59 bits per heavy atom. The molecule has 2 atom stereocenters. The Bertz CT molecular complexity index is 1200. The number of Topliss-reactive ketones (excluding diaryl/α,β-unsaturated/α-hetero) is 2. The molecule has 5 rings (SSSR count). The van der Waals surface area contributed by atoms with Gasteiger partial charge in [0.15, 0.2) is 11.4 Å². The van der Waals surface area contributed by atoms with Gasteiger partial charge in [0, 0.05) is 23.7 Å². The second-order valence-corrected chi connectivity index (χ2v) is 9.47. The number of ketones is 2. The smallest absolute Gasteiger partial charge is 0.350 e. The normalized spacial score (nSPS) is 26.2. The second-order valence-electron chi connectivity index (χ2n) is 9.47. The van der Waals surface area contributed by atoms with Crippen LogP contribution < -0.4 is 5.73 Å². The number of hydrogen-bond donors (Lipinski definition) is 1. The van der Waals surface area contributed by atoms with E-state index in [1.54, 1.807) is 30.5 Å². The molecule has 1 aromatic carbocycles. The van der Waals surface area contributed by atoms with Gasteiger partial charge in [-0.3, -0.25) is 9.59 Å². The number of benzene rings is 1. The summed E-state index contributed by atoms with van der Waals surface area (Å²) < 4.78 is 11.6. The number of aryl methyl sites for hydroxylation is 1. The lowest BCUT2D eigenvalue weighted by Crippen LogP contribution is -2.51. The summed E-state index contributed by atoms with van der Waals surface area (Å²) in [5.74, 6) is -1.08. The highest BCUT2D eigenvalue weighted by molar-refractivity contribution is 6.32. The summed E-state index contributed by atoms with van der Waals surface area (Å²) in [5.41, 5.74) is 4.93. The maximum Gasteiger partial charge on any atom is 0.350 e. The number of allylic oxidation sites excluding steroid dienone is 1. The Morgan fingerprint density at radius 1 is 1.18 bits per heavy atom. The van der Waals surface area contributed by atoms with Crippen molar-refractivity contribution in [1.29, 1.82) is 0 Å². The fourth-order valence-corrected chi connectivity index (χ4v) is 5.19. The van der Waals surface area contributed by atoms with E-state index >= 15 is 0 Å². The molecule has 1 saturated heterocycles. The van der Waals surface area contributed by atoms with E-state index in [9.17, 15) is 14.4 Å². The maximum absolute atomic E-state index is 13.6. The number of nitrogen functional groups attached to an aromatic ring is 1. The van der Waals surface area contributed by atoms with Crippen LogP contribution in [0, 0.1) is 0 Å². The van der Waals surface area contributed by atoms with Gasteiger partial charge in [-0.1, -0.05) is 35.9 Å². The van der Waals surface area contributed by atoms with Crippen molar-refractivity contribution in [2.24, 2.45) is 0 Å². The van der Waals surface area contributed by atoms with Crippen molar-refractivity contribution in [3.05, 3.63) is 70.9 Å². The van der Waals surface area contributed by atoms with Crippen molar-refractivity contribution in [3.63, 3.8) is 0 Å². The first-order chi connectivity index (χ1) is 16.4. The standard InChI is InChI=1S/C27H28N2O5/c1-17(10-11-18-13-15-29-22(28)16-18)12-14-26-23(30)20-8-4-5-9-21(20)24(31)27(26,34-26)25(32)33-19-6-2-3-7-19/h4-5,8-9,12-13,15-16,19H,2-3,6-7,10-11,14H2,1H3,(H2,28,29)/b17-12+/t26-,27-/m0/s1. The Kier molecular flexibility index (Phi) is 5.60. The van der Waals surface area contributed by atoms with Gasteiger partial charge in [-0.25, -0.2) is 9.78 Å². The molecule has 0 bridgehead atoms. The average Bonchev–Trinajstić information content (AvgIpc) is 3.29. The molecule has 176 valence electrons. The third-order valence-electron chi connectivity index (χ3n) is 7.21. The number of nitrogens with two attached hydrogens (primary N) is 1. The van der Waals surface area contributed by atoms with E-state index < -0.39 is 23.0 Å². The third-order valence-corrected chi connectivity index (χ3v) is 7.21. The molecule has 0 unspecified atom stereocenters. The summed E-state index contributed by atoms with van der Waals surface area (Å²) in [4.78, 5) is 44.4. The van der Waals surface area contributed by atoms with Gasteiger partial charge in [0.05, 0.1) is 0 Å². The maximum atomic E-state index is 13.6. The molecular weight excluding hydrogens is 432 g/mol. The first-order valence-electron chi connectivity index (χ1n) is 11.8. The zero-order chi connectivity index (χ0) is 23.9. The van der Waals surface area contributed by atoms with E-state index in [1.807, 2.05) is 25.1 Å². The van der Waals surface area contributed by atoms with Crippen molar-refractivity contribution in [1.82, 2.24) is 4.98 Å². The third kappa shape index (κ3) is 3.55. The number of esters is 1. The number of hydrogen-bond acceptors (Lipinski definition) is 7. The quantitative estimate of drug-likeness (QED) is 0.288. The summed E-state index contributed by atoms with van der Waals surface area (Å²) in [7, 11) is 0. The van der Waals surface area contributed by atoms with Crippen LogP contribution in [0.4, 0.5) is 5.82 Å². The number of pyridine rings is 1. The van der Waals surface area contributed by atoms with E-state index in [4.69, 9.17) is 15.2 Å². The summed E-state index contributed by atoms with van der Waals surface area (Å²) in [6.45, 7) is 1.96. The van der Waals surface area contributed by atoms with Gasteiger partial charge in [0.1, 0.15) is 11.9 Å². The van der Waals surface area contributed by atoms with E-state index in [2.05, 4.69) is 4.98 Å². The van der Waals surface area contributed by atoms with Gasteiger partial charge in [-0.2, -0.15) is 0 Å². The number of ether oxygens (including phenoxy) is 2. The molecule has 1 saturated carbocycles. The van der Waals surface area contributed by atoms with E-state index in [1.165, 1.54) is 0 Å². The highest BCUT2D eigenvalue weighted by atomic mass is 16.7. The summed E-state index contributed by atoms with van der Waals surface area (Å²) >= 11 is 0. The molecule has 1 aliphatic heterocycles. The Balaban J connectivity index is 1.40. The van der Waals surface area contributed by atoms with Crippen LogP contribution in [0.3, 0.4) is 0 Å².